The van der Waals surface area contributed by atoms with E-state index in [0.29, 0.717) is 35.9 Å². The summed E-state index contributed by atoms with van der Waals surface area (Å²) in [4.78, 5) is 37.5. The Bertz CT molecular complexity index is 1160. The van der Waals surface area contributed by atoms with Crippen LogP contribution in [-0.4, -0.2) is 66.1 Å². The van der Waals surface area contributed by atoms with Crippen LogP contribution in [0.15, 0.2) is 54.1 Å². The Balaban J connectivity index is 1.40. The highest BCUT2D eigenvalue weighted by Crippen LogP contribution is 2.33. The molecule has 2 bridgehead atoms. The van der Waals surface area contributed by atoms with Gasteiger partial charge in [-0.15, -0.1) is 0 Å². The van der Waals surface area contributed by atoms with Crippen LogP contribution < -0.4 is 15.4 Å². The number of aliphatic carboxylic acids is 1. The van der Waals surface area contributed by atoms with Crippen molar-refractivity contribution in [3.05, 3.63) is 70.3 Å². The number of benzene rings is 2. The molecule has 2 atom stereocenters. The number of rotatable bonds is 9. The molecular formula is C27H30ClN3O5. The first kappa shape index (κ1) is 25.7. The Morgan fingerprint density at radius 2 is 1.89 bits per heavy atom. The first-order valence-electron chi connectivity index (χ1n) is 12.0. The Hall–Kier alpha value is -3.36. The largest absolute Gasteiger partial charge is 0.492 e. The number of amides is 2. The number of nitrogens with one attached hydrogen (secondary N) is 2. The molecule has 2 aliphatic rings. The second kappa shape index (κ2) is 11.6. The van der Waals surface area contributed by atoms with E-state index in [0.717, 1.165) is 29.5 Å². The molecule has 2 aromatic rings. The maximum Gasteiger partial charge on any atom is 0.333 e. The summed E-state index contributed by atoms with van der Waals surface area (Å²) in [6.07, 6.45) is 2.16. The maximum absolute atomic E-state index is 12.5. The standard InChI is InChI=1S/C27H30ClN3O5/c1-17(32)29-14-25(33)31-15-20-13-21(26(27(34)35)23(16-31)30-20)19-10-8-18(9-11-19)5-4-12-36-24-7-3-2-6-22(24)28/h2-3,6-11,20,23,30H,4-5,12-16H2,1H3,(H,29,32)(H,34,35). The van der Waals surface area contributed by atoms with Gasteiger partial charge in [0.25, 0.3) is 0 Å². The van der Waals surface area contributed by atoms with Crippen LogP contribution in [0.2, 0.25) is 5.02 Å². The van der Waals surface area contributed by atoms with E-state index >= 15 is 0 Å². The van der Waals surface area contributed by atoms with E-state index in [4.69, 9.17) is 16.3 Å². The fourth-order valence-electron chi connectivity index (χ4n) is 4.78. The van der Waals surface area contributed by atoms with Crippen molar-refractivity contribution in [2.45, 2.75) is 38.3 Å². The lowest BCUT2D eigenvalue weighted by molar-refractivity contribution is -0.136. The van der Waals surface area contributed by atoms with Gasteiger partial charge in [0.15, 0.2) is 0 Å². The molecule has 4 rings (SSSR count). The van der Waals surface area contributed by atoms with Crippen LogP contribution in [0.4, 0.5) is 0 Å². The van der Waals surface area contributed by atoms with Gasteiger partial charge in [-0.05, 0) is 48.1 Å². The topological polar surface area (TPSA) is 108 Å². The number of aryl methyl sites for hydroxylation is 1. The predicted octanol–water partition coefficient (Wildman–Crippen LogP) is 2.90. The number of carboxylic acid groups (broad SMARTS) is 1. The van der Waals surface area contributed by atoms with Crippen molar-refractivity contribution in [1.82, 2.24) is 15.5 Å². The van der Waals surface area contributed by atoms with Gasteiger partial charge in [0.1, 0.15) is 5.75 Å². The van der Waals surface area contributed by atoms with Crippen LogP contribution >= 0.6 is 11.6 Å². The Kier molecular flexibility index (Phi) is 8.28. The molecule has 8 nitrogen and oxygen atoms in total. The highest BCUT2D eigenvalue weighted by molar-refractivity contribution is 6.32. The summed E-state index contributed by atoms with van der Waals surface area (Å²) in [5, 5.41) is 16.5. The molecule has 0 radical (unpaired) electrons. The smallest absolute Gasteiger partial charge is 0.333 e. The SMILES string of the molecule is CC(=O)NCC(=O)N1CC2CC(c3ccc(CCCOc4ccccc4Cl)cc3)=C(C(=O)O)C(C1)N2. The second-order valence-electron chi connectivity index (χ2n) is 9.11. The van der Waals surface area contributed by atoms with Crippen molar-refractivity contribution in [2.24, 2.45) is 0 Å². The van der Waals surface area contributed by atoms with Gasteiger partial charge in [-0.25, -0.2) is 4.79 Å². The third-order valence-corrected chi connectivity index (χ3v) is 6.80. The predicted molar refractivity (Wildman–Crippen MR) is 137 cm³/mol. The summed E-state index contributed by atoms with van der Waals surface area (Å²) < 4.78 is 5.75. The molecule has 1 fully saturated rings. The van der Waals surface area contributed by atoms with Gasteiger partial charge in [-0.1, -0.05) is 48.0 Å². The van der Waals surface area contributed by atoms with E-state index in [-0.39, 0.29) is 30.9 Å². The van der Waals surface area contributed by atoms with Crippen molar-refractivity contribution >= 4 is 35.0 Å². The van der Waals surface area contributed by atoms with Crippen LogP contribution in [0.1, 0.15) is 30.9 Å². The molecule has 0 aromatic heterocycles. The number of nitrogens with zero attached hydrogens (tertiary/aromatic N) is 1. The average Bonchev–Trinajstić information content (AvgIpc) is 2.85. The van der Waals surface area contributed by atoms with Gasteiger partial charge in [0, 0.05) is 26.1 Å². The third-order valence-electron chi connectivity index (χ3n) is 6.48. The number of carbonyl (C=O) groups is 3. The van der Waals surface area contributed by atoms with Gasteiger partial charge in [0.05, 0.1) is 29.8 Å². The van der Waals surface area contributed by atoms with Crippen molar-refractivity contribution < 1.29 is 24.2 Å². The van der Waals surface area contributed by atoms with Gasteiger partial charge < -0.3 is 25.4 Å². The Morgan fingerprint density at radius 1 is 1.14 bits per heavy atom. The van der Waals surface area contributed by atoms with E-state index in [1.54, 1.807) is 11.0 Å². The summed E-state index contributed by atoms with van der Waals surface area (Å²) in [6.45, 7) is 2.54. The highest BCUT2D eigenvalue weighted by atomic mass is 35.5. The zero-order valence-corrected chi connectivity index (χ0v) is 20.9. The minimum atomic E-state index is -0.988. The first-order chi connectivity index (χ1) is 17.3. The zero-order valence-electron chi connectivity index (χ0n) is 20.1. The fourth-order valence-corrected chi connectivity index (χ4v) is 4.97. The number of halogens is 1. The molecule has 0 aliphatic carbocycles. The van der Waals surface area contributed by atoms with Crippen molar-refractivity contribution in [3.8, 4) is 5.75 Å². The number of carboxylic acids is 1. The number of carbonyl (C=O) groups excluding carboxylic acids is 2. The molecule has 1 saturated heterocycles. The summed E-state index contributed by atoms with van der Waals surface area (Å²) in [5.41, 5.74) is 3.13. The minimum Gasteiger partial charge on any atom is -0.492 e. The van der Waals surface area contributed by atoms with Crippen LogP contribution in [0.5, 0.6) is 5.75 Å². The molecule has 0 saturated carbocycles. The number of fused-ring (bicyclic) bond motifs is 2. The molecule has 2 heterocycles. The molecular weight excluding hydrogens is 482 g/mol. The molecule has 2 unspecified atom stereocenters. The van der Waals surface area contributed by atoms with E-state index in [2.05, 4.69) is 10.6 Å². The molecule has 2 amide bonds. The van der Waals surface area contributed by atoms with Crippen molar-refractivity contribution in [3.63, 3.8) is 0 Å². The molecule has 2 aromatic carbocycles. The number of para-hydroxylation sites is 1. The Labute approximate surface area is 215 Å². The number of hydrogen-bond donors (Lipinski definition) is 3. The van der Waals surface area contributed by atoms with Crippen LogP contribution in [-0.2, 0) is 20.8 Å². The summed E-state index contributed by atoms with van der Waals surface area (Å²) in [6, 6.07) is 14.9. The molecule has 0 spiro atoms. The molecule has 190 valence electrons. The monoisotopic (exact) mass is 511 g/mol. The van der Waals surface area contributed by atoms with E-state index in [1.165, 1.54) is 6.92 Å². The number of hydrogen-bond acceptors (Lipinski definition) is 5. The quantitative estimate of drug-likeness (QED) is 0.447. The number of ether oxygens (including phenoxy) is 1. The summed E-state index contributed by atoms with van der Waals surface area (Å²) in [7, 11) is 0. The second-order valence-corrected chi connectivity index (χ2v) is 9.51. The summed E-state index contributed by atoms with van der Waals surface area (Å²) >= 11 is 6.12. The fraction of sp³-hybridized carbons (Fsp3) is 0.370. The van der Waals surface area contributed by atoms with Crippen molar-refractivity contribution in [2.75, 3.05) is 26.2 Å². The molecule has 9 heteroatoms. The molecule has 36 heavy (non-hydrogen) atoms. The van der Waals surface area contributed by atoms with E-state index in [1.807, 2.05) is 42.5 Å². The van der Waals surface area contributed by atoms with Crippen LogP contribution in [0, 0.1) is 0 Å². The number of piperazine rings is 1. The molecule has 2 aliphatic heterocycles. The van der Waals surface area contributed by atoms with Gasteiger partial charge in [0.2, 0.25) is 11.8 Å². The van der Waals surface area contributed by atoms with E-state index < -0.39 is 12.0 Å². The van der Waals surface area contributed by atoms with Crippen molar-refractivity contribution in [1.29, 1.82) is 0 Å². The van der Waals surface area contributed by atoms with E-state index in [9.17, 15) is 19.5 Å². The zero-order chi connectivity index (χ0) is 25.7. The van der Waals surface area contributed by atoms with Crippen LogP contribution in [0.25, 0.3) is 5.57 Å². The van der Waals surface area contributed by atoms with Gasteiger partial charge in [-0.3, -0.25) is 9.59 Å². The van der Waals surface area contributed by atoms with Crippen LogP contribution in [0.3, 0.4) is 0 Å². The lowest BCUT2D eigenvalue weighted by Gasteiger charge is -2.43. The molecule has 3 N–H and O–H groups in total. The van der Waals surface area contributed by atoms with Gasteiger partial charge in [-0.2, -0.15) is 0 Å². The first-order valence-corrected chi connectivity index (χ1v) is 12.4. The average molecular weight is 512 g/mol. The lowest BCUT2D eigenvalue weighted by Crippen LogP contribution is -2.62. The normalized spacial score (nSPS) is 19.1. The minimum absolute atomic E-state index is 0.0511. The highest BCUT2D eigenvalue weighted by Gasteiger charge is 2.39. The summed E-state index contributed by atoms with van der Waals surface area (Å²) in [5.74, 6) is -0.797. The van der Waals surface area contributed by atoms with Gasteiger partial charge >= 0.3 is 5.97 Å². The lowest BCUT2D eigenvalue weighted by atomic mass is 9.83. The maximum atomic E-state index is 12.5. The third kappa shape index (κ3) is 6.25. The Morgan fingerprint density at radius 3 is 2.58 bits per heavy atom.